The third-order valence-corrected chi connectivity index (χ3v) is 5.80. The molecule has 28 heavy (non-hydrogen) atoms. The van der Waals surface area contributed by atoms with Gasteiger partial charge in [0.15, 0.2) is 0 Å². The molecule has 0 bridgehead atoms. The number of carbonyl (C=O) groups excluding carboxylic acids is 2. The minimum atomic E-state index is -0.529. The van der Waals surface area contributed by atoms with Gasteiger partial charge < -0.3 is 4.74 Å². The van der Waals surface area contributed by atoms with Crippen LogP contribution in [0.4, 0.5) is 5.69 Å². The SMILES string of the molecule is CCCOC1(N(C)C)CCCc2ccc(N3C(=O)c4ccccc4C3=O)cc21. The van der Waals surface area contributed by atoms with Gasteiger partial charge in [-0.05, 0) is 69.6 Å². The zero-order chi connectivity index (χ0) is 19.9. The Hall–Kier alpha value is -2.50. The highest BCUT2D eigenvalue weighted by molar-refractivity contribution is 6.34. The van der Waals surface area contributed by atoms with Crippen molar-refractivity contribution in [3.05, 3.63) is 64.7 Å². The zero-order valence-corrected chi connectivity index (χ0v) is 16.7. The number of benzene rings is 2. The molecular formula is C23H26N2O3. The lowest BCUT2D eigenvalue weighted by atomic mass is 9.83. The maximum atomic E-state index is 12.9. The summed E-state index contributed by atoms with van der Waals surface area (Å²) < 4.78 is 6.38. The Morgan fingerprint density at radius 2 is 1.75 bits per heavy atom. The number of hydrogen-bond acceptors (Lipinski definition) is 4. The predicted octanol–water partition coefficient (Wildman–Crippen LogP) is 3.96. The van der Waals surface area contributed by atoms with E-state index in [0.29, 0.717) is 23.4 Å². The maximum Gasteiger partial charge on any atom is 0.266 e. The van der Waals surface area contributed by atoms with Crippen LogP contribution in [-0.4, -0.2) is 37.4 Å². The van der Waals surface area contributed by atoms with Crippen molar-refractivity contribution in [2.45, 2.75) is 38.3 Å². The van der Waals surface area contributed by atoms with Gasteiger partial charge in [0, 0.05) is 12.2 Å². The summed E-state index contributed by atoms with van der Waals surface area (Å²) >= 11 is 0. The Balaban J connectivity index is 1.80. The Morgan fingerprint density at radius 3 is 2.36 bits per heavy atom. The van der Waals surface area contributed by atoms with E-state index in [-0.39, 0.29) is 11.8 Å². The molecule has 1 unspecified atom stereocenters. The number of ether oxygens (including phenoxy) is 1. The molecule has 2 aromatic carbocycles. The van der Waals surface area contributed by atoms with Gasteiger partial charge in [0.1, 0.15) is 5.72 Å². The highest BCUT2D eigenvalue weighted by Gasteiger charge is 2.42. The van der Waals surface area contributed by atoms with E-state index in [2.05, 4.69) is 11.8 Å². The lowest BCUT2D eigenvalue weighted by molar-refractivity contribution is -0.155. The third-order valence-electron chi connectivity index (χ3n) is 5.80. The van der Waals surface area contributed by atoms with Crippen LogP contribution in [0, 0.1) is 0 Å². The Morgan fingerprint density at radius 1 is 1.07 bits per heavy atom. The molecule has 0 N–H and O–H groups in total. The molecular weight excluding hydrogens is 352 g/mol. The molecule has 0 saturated heterocycles. The second-order valence-electron chi connectivity index (χ2n) is 7.71. The molecule has 5 heteroatoms. The summed E-state index contributed by atoms with van der Waals surface area (Å²) in [6, 6.07) is 12.9. The first-order chi connectivity index (χ1) is 13.5. The van der Waals surface area contributed by atoms with Gasteiger partial charge >= 0.3 is 0 Å². The van der Waals surface area contributed by atoms with Crippen molar-refractivity contribution in [2.75, 3.05) is 25.6 Å². The number of rotatable bonds is 5. The summed E-state index contributed by atoms with van der Waals surface area (Å²) in [6.07, 6.45) is 3.84. The number of hydrogen-bond donors (Lipinski definition) is 0. The average molecular weight is 378 g/mol. The van der Waals surface area contributed by atoms with Crippen LogP contribution in [-0.2, 0) is 16.9 Å². The zero-order valence-electron chi connectivity index (χ0n) is 16.7. The molecule has 0 aromatic heterocycles. The molecule has 0 fully saturated rings. The molecule has 2 aromatic rings. The lowest BCUT2D eigenvalue weighted by Gasteiger charge is -2.44. The van der Waals surface area contributed by atoms with Crippen molar-refractivity contribution in [1.29, 1.82) is 0 Å². The summed E-state index contributed by atoms with van der Waals surface area (Å²) in [5.74, 6) is -0.525. The first-order valence-electron chi connectivity index (χ1n) is 9.92. The van der Waals surface area contributed by atoms with Gasteiger partial charge in [0.25, 0.3) is 11.8 Å². The van der Waals surface area contributed by atoms with E-state index in [4.69, 9.17) is 4.74 Å². The summed E-state index contributed by atoms with van der Waals surface area (Å²) in [5.41, 5.74) is 3.29. The molecule has 2 amide bonds. The van der Waals surface area contributed by atoms with Gasteiger partial charge in [0.05, 0.1) is 16.8 Å². The van der Waals surface area contributed by atoms with E-state index in [1.54, 1.807) is 24.3 Å². The molecule has 146 valence electrons. The second-order valence-corrected chi connectivity index (χ2v) is 7.71. The molecule has 1 atom stereocenters. The van der Waals surface area contributed by atoms with E-state index >= 15 is 0 Å². The Bertz CT molecular complexity index is 902. The second kappa shape index (κ2) is 7.15. The van der Waals surface area contributed by atoms with Crippen molar-refractivity contribution in [3.8, 4) is 0 Å². The van der Waals surface area contributed by atoms with Crippen molar-refractivity contribution in [3.63, 3.8) is 0 Å². The molecule has 0 saturated carbocycles. The monoisotopic (exact) mass is 378 g/mol. The highest BCUT2D eigenvalue weighted by Crippen LogP contribution is 2.42. The highest BCUT2D eigenvalue weighted by atomic mass is 16.5. The summed E-state index contributed by atoms with van der Waals surface area (Å²) in [7, 11) is 4.05. The van der Waals surface area contributed by atoms with Crippen LogP contribution in [0.25, 0.3) is 0 Å². The molecule has 1 aliphatic carbocycles. The fourth-order valence-electron chi connectivity index (χ4n) is 4.38. The molecule has 1 heterocycles. The Kier molecular flexibility index (Phi) is 4.81. The van der Waals surface area contributed by atoms with Gasteiger partial charge in [-0.25, -0.2) is 4.90 Å². The van der Waals surface area contributed by atoms with Crippen LogP contribution in [0.2, 0.25) is 0 Å². The van der Waals surface area contributed by atoms with Crippen LogP contribution in [0.15, 0.2) is 42.5 Å². The number of nitrogens with zero attached hydrogens (tertiary/aromatic N) is 2. The molecule has 0 radical (unpaired) electrons. The minimum absolute atomic E-state index is 0.263. The molecule has 0 spiro atoms. The van der Waals surface area contributed by atoms with Gasteiger partial charge in [-0.2, -0.15) is 0 Å². The van der Waals surface area contributed by atoms with Crippen LogP contribution in [0.1, 0.15) is 58.0 Å². The minimum Gasteiger partial charge on any atom is -0.356 e. The number of imide groups is 1. The number of anilines is 1. The first kappa shape index (κ1) is 18.8. The lowest BCUT2D eigenvalue weighted by Crippen LogP contribution is -2.46. The van der Waals surface area contributed by atoms with E-state index in [9.17, 15) is 9.59 Å². The normalized spacial score (nSPS) is 21.2. The third kappa shape index (κ3) is 2.77. The van der Waals surface area contributed by atoms with Gasteiger partial charge in [-0.3, -0.25) is 14.5 Å². The standard InChI is InChI=1S/C23H26N2O3/c1-4-14-28-23(24(2)3)13-7-8-16-11-12-17(15-20(16)23)25-21(26)18-9-5-6-10-19(18)22(25)27/h5-6,9-12,15H,4,7-8,13-14H2,1-3H3. The first-order valence-corrected chi connectivity index (χ1v) is 9.92. The van der Waals surface area contributed by atoms with E-state index < -0.39 is 5.72 Å². The number of aryl methyl sites for hydroxylation is 1. The number of amides is 2. The fraction of sp³-hybridized carbons (Fsp3) is 0.391. The fourth-order valence-corrected chi connectivity index (χ4v) is 4.38. The van der Waals surface area contributed by atoms with Crippen LogP contribution in [0.3, 0.4) is 0 Å². The molecule has 2 aliphatic rings. The molecule has 5 nitrogen and oxygen atoms in total. The summed E-state index contributed by atoms with van der Waals surface area (Å²) in [6.45, 7) is 2.76. The summed E-state index contributed by atoms with van der Waals surface area (Å²) in [5, 5.41) is 0. The Labute approximate surface area is 165 Å². The van der Waals surface area contributed by atoms with E-state index in [0.717, 1.165) is 31.2 Å². The van der Waals surface area contributed by atoms with Crippen molar-refractivity contribution >= 4 is 17.5 Å². The van der Waals surface area contributed by atoms with Crippen molar-refractivity contribution < 1.29 is 14.3 Å². The molecule has 4 rings (SSSR count). The molecule has 1 aliphatic heterocycles. The van der Waals surface area contributed by atoms with Gasteiger partial charge in [-0.1, -0.05) is 25.1 Å². The largest absolute Gasteiger partial charge is 0.356 e. The van der Waals surface area contributed by atoms with Crippen LogP contribution in [0.5, 0.6) is 0 Å². The quantitative estimate of drug-likeness (QED) is 0.584. The summed E-state index contributed by atoms with van der Waals surface area (Å²) in [4.78, 5) is 29.2. The van der Waals surface area contributed by atoms with Crippen LogP contribution >= 0.6 is 0 Å². The average Bonchev–Trinajstić information content (AvgIpc) is 2.96. The topological polar surface area (TPSA) is 49.9 Å². The van der Waals surface area contributed by atoms with Crippen molar-refractivity contribution in [1.82, 2.24) is 4.90 Å². The van der Waals surface area contributed by atoms with E-state index in [1.165, 1.54) is 10.5 Å². The predicted molar refractivity (Wildman–Crippen MR) is 109 cm³/mol. The van der Waals surface area contributed by atoms with Gasteiger partial charge in [0.2, 0.25) is 0 Å². The van der Waals surface area contributed by atoms with Crippen LogP contribution < -0.4 is 4.90 Å². The number of carbonyl (C=O) groups is 2. The maximum absolute atomic E-state index is 12.9. The van der Waals surface area contributed by atoms with Crippen molar-refractivity contribution in [2.24, 2.45) is 0 Å². The number of fused-ring (bicyclic) bond motifs is 2. The van der Waals surface area contributed by atoms with Gasteiger partial charge in [-0.15, -0.1) is 0 Å². The van der Waals surface area contributed by atoms with E-state index in [1.807, 2.05) is 32.3 Å². The smallest absolute Gasteiger partial charge is 0.266 e.